The summed E-state index contributed by atoms with van der Waals surface area (Å²) in [7, 11) is -2.09. The van der Waals surface area contributed by atoms with Crippen LogP contribution in [0.2, 0.25) is 0 Å². The van der Waals surface area contributed by atoms with E-state index in [1.54, 1.807) is 6.07 Å². The Balaban J connectivity index is 2.68. The number of rotatable bonds is 7. The summed E-state index contributed by atoms with van der Waals surface area (Å²) in [5.41, 5.74) is 6.91. The summed E-state index contributed by atoms with van der Waals surface area (Å²) in [6.45, 7) is 5.10. The average Bonchev–Trinajstić information content (AvgIpc) is 2.35. The Kier molecular flexibility index (Phi) is 5.59. The number of ether oxygens (including phenoxy) is 1. The van der Waals surface area contributed by atoms with Crippen molar-refractivity contribution in [3.05, 3.63) is 18.2 Å². The fourth-order valence-corrected chi connectivity index (χ4v) is 2.23. The van der Waals surface area contributed by atoms with E-state index in [1.165, 1.54) is 19.2 Å². The lowest BCUT2D eigenvalue weighted by Gasteiger charge is -2.12. The number of nitrogens with one attached hydrogen (secondary N) is 2. The predicted octanol–water partition coefficient (Wildman–Crippen LogP) is 1.01. The zero-order valence-electron chi connectivity index (χ0n) is 11.4. The van der Waals surface area contributed by atoms with Crippen molar-refractivity contribution < 1.29 is 13.2 Å². The smallest absolute Gasteiger partial charge is 0.240 e. The van der Waals surface area contributed by atoms with Crippen LogP contribution in [0.5, 0.6) is 0 Å². The van der Waals surface area contributed by atoms with E-state index in [2.05, 4.69) is 10.0 Å². The SMILES string of the molecule is CNS(=O)(=O)c1ccc(NCCOC(C)C)c(N)c1. The molecule has 0 saturated carbocycles. The van der Waals surface area contributed by atoms with Crippen molar-refractivity contribution in [2.75, 3.05) is 31.2 Å². The van der Waals surface area contributed by atoms with Crippen LogP contribution in [0.3, 0.4) is 0 Å². The third-order valence-electron chi connectivity index (χ3n) is 2.47. The molecule has 0 amide bonds. The number of hydrogen-bond donors (Lipinski definition) is 3. The average molecular weight is 287 g/mol. The van der Waals surface area contributed by atoms with E-state index in [1.807, 2.05) is 13.8 Å². The summed E-state index contributed by atoms with van der Waals surface area (Å²) in [4.78, 5) is 0.150. The number of sulfonamides is 1. The van der Waals surface area contributed by atoms with Gasteiger partial charge in [0.2, 0.25) is 10.0 Å². The molecule has 0 heterocycles. The molecular formula is C12H21N3O3S. The molecular weight excluding hydrogens is 266 g/mol. The summed E-state index contributed by atoms with van der Waals surface area (Å²) in [5.74, 6) is 0. The van der Waals surface area contributed by atoms with Gasteiger partial charge in [0.25, 0.3) is 0 Å². The molecule has 6 nitrogen and oxygen atoms in total. The van der Waals surface area contributed by atoms with Crippen LogP contribution in [0, 0.1) is 0 Å². The normalized spacial score (nSPS) is 11.8. The maximum atomic E-state index is 11.6. The zero-order valence-corrected chi connectivity index (χ0v) is 12.3. The molecule has 0 aliphatic heterocycles. The summed E-state index contributed by atoms with van der Waals surface area (Å²) >= 11 is 0. The number of anilines is 2. The minimum Gasteiger partial charge on any atom is -0.397 e. The molecule has 0 radical (unpaired) electrons. The van der Waals surface area contributed by atoms with Crippen molar-refractivity contribution in [3.8, 4) is 0 Å². The minimum atomic E-state index is -3.46. The van der Waals surface area contributed by atoms with Crippen LogP contribution in [-0.4, -0.2) is 34.7 Å². The van der Waals surface area contributed by atoms with Gasteiger partial charge in [-0.1, -0.05) is 0 Å². The molecule has 0 atom stereocenters. The summed E-state index contributed by atoms with van der Waals surface area (Å²) in [5, 5.41) is 3.10. The van der Waals surface area contributed by atoms with E-state index in [4.69, 9.17) is 10.5 Å². The molecule has 0 aliphatic rings. The number of hydrogen-bond acceptors (Lipinski definition) is 5. The van der Waals surface area contributed by atoms with Gasteiger partial charge in [-0.2, -0.15) is 0 Å². The maximum Gasteiger partial charge on any atom is 0.240 e. The molecule has 19 heavy (non-hydrogen) atoms. The minimum absolute atomic E-state index is 0.150. The fraction of sp³-hybridized carbons (Fsp3) is 0.500. The number of nitrogens with two attached hydrogens (primary N) is 1. The molecule has 0 fully saturated rings. The van der Waals surface area contributed by atoms with Gasteiger partial charge in [0.15, 0.2) is 0 Å². The Morgan fingerprint density at radius 2 is 2.05 bits per heavy atom. The number of benzene rings is 1. The Hall–Kier alpha value is -1.31. The van der Waals surface area contributed by atoms with Gasteiger partial charge in [0, 0.05) is 6.54 Å². The Labute approximate surface area is 114 Å². The van der Waals surface area contributed by atoms with Crippen LogP contribution in [0.1, 0.15) is 13.8 Å². The first kappa shape index (κ1) is 15.7. The van der Waals surface area contributed by atoms with Crippen LogP contribution in [0.15, 0.2) is 23.1 Å². The van der Waals surface area contributed by atoms with E-state index >= 15 is 0 Å². The Morgan fingerprint density at radius 3 is 2.58 bits per heavy atom. The summed E-state index contributed by atoms with van der Waals surface area (Å²) in [6.07, 6.45) is 0.183. The molecule has 0 aliphatic carbocycles. The lowest BCUT2D eigenvalue weighted by Crippen LogP contribution is -2.19. The maximum absolute atomic E-state index is 11.6. The van der Waals surface area contributed by atoms with E-state index in [0.717, 1.165) is 0 Å². The third kappa shape index (κ3) is 4.70. The monoisotopic (exact) mass is 287 g/mol. The van der Waals surface area contributed by atoms with Crippen LogP contribution >= 0.6 is 0 Å². The van der Waals surface area contributed by atoms with Gasteiger partial charge in [-0.05, 0) is 39.1 Å². The quantitative estimate of drug-likeness (QED) is 0.514. The number of nitrogen functional groups attached to an aromatic ring is 1. The second-order valence-corrected chi connectivity index (χ2v) is 6.19. The van der Waals surface area contributed by atoms with Crippen molar-refractivity contribution in [1.29, 1.82) is 0 Å². The van der Waals surface area contributed by atoms with Gasteiger partial charge >= 0.3 is 0 Å². The van der Waals surface area contributed by atoms with Gasteiger partial charge in [-0.15, -0.1) is 0 Å². The highest BCUT2D eigenvalue weighted by atomic mass is 32.2. The van der Waals surface area contributed by atoms with Gasteiger partial charge < -0.3 is 15.8 Å². The van der Waals surface area contributed by atoms with Crippen molar-refractivity contribution in [2.45, 2.75) is 24.8 Å². The Morgan fingerprint density at radius 1 is 1.37 bits per heavy atom. The first-order chi connectivity index (χ1) is 8.86. The molecule has 0 aromatic heterocycles. The van der Waals surface area contributed by atoms with Crippen LogP contribution < -0.4 is 15.8 Å². The molecule has 1 rings (SSSR count). The van der Waals surface area contributed by atoms with Gasteiger partial charge in [0.1, 0.15) is 0 Å². The molecule has 0 saturated heterocycles. The second-order valence-electron chi connectivity index (χ2n) is 4.30. The standard InChI is InChI=1S/C12H21N3O3S/c1-9(2)18-7-6-15-12-5-4-10(8-11(12)13)19(16,17)14-3/h4-5,8-9,14-15H,6-7,13H2,1-3H3. The van der Waals surface area contributed by atoms with Gasteiger partial charge in [0.05, 0.1) is 29.0 Å². The Bertz CT molecular complexity index is 515. The topological polar surface area (TPSA) is 93.5 Å². The molecule has 4 N–H and O–H groups in total. The highest BCUT2D eigenvalue weighted by molar-refractivity contribution is 7.89. The molecule has 1 aromatic carbocycles. The van der Waals surface area contributed by atoms with Crippen LogP contribution in [-0.2, 0) is 14.8 Å². The molecule has 108 valence electrons. The van der Waals surface area contributed by atoms with Crippen molar-refractivity contribution in [3.63, 3.8) is 0 Å². The molecule has 7 heteroatoms. The summed E-state index contributed by atoms with van der Waals surface area (Å²) in [6, 6.07) is 4.58. The van der Waals surface area contributed by atoms with Crippen LogP contribution in [0.25, 0.3) is 0 Å². The molecule has 1 aromatic rings. The van der Waals surface area contributed by atoms with Crippen molar-refractivity contribution >= 4 is 21.4 Å². The fourth-order valence-electron chi connectivity index (χ4n) is 1.47. The van der Waals surface area contributed by atoms with E-state index in [-0.39, 0.29) is 11.0 Å². The molecule has 0 spiro atoms. The first-order valence-corrected chi connectivity index (χ1v) is 7.53. The largest absolute Gasteiger partial charge is 0.397 e. The first-order valence-electron chi connectivity index (χ1n) is 6.05. The molecule has 0 bridgehead atoms. The van der Waals surface area contributed by atoms with Crippen molar-refractivity contribution in [2.24, 2.45) is 0 Å². The third-order valence-corrected chi connectivity index (χ3v) is 3.88. The highest BCUT2D eigenvalue weighted by Gasteiger charge is 2.12. The highest BCUT2D eigenvalue weighted by Crippen LogP contribution is 2.22. The predicted molar refractivity (Wildman–Crippen MR) is 76.7 cm³/mol. The van der Waals surface area contributed by atoms with Gasteiger partial charge in [-0.3, -0.25) is 0 Å². The van der Waals surface area contributed by atoms with E-state index < -0.39 is 10.0 Å². The summed E-state index contributed by atoms with van der Waals surface area (Å²) < 4.78 is 30.8. The van der Waals surface area contributed by atoms with E-state index in [9.17, 15) is 8.42 Å². The lowest BCUT2D eigenvalue weighted by molar-refractivity contribution is 0.0870. The van der Waals surface area contributed by atoms with Crippen LogP contribution in [0.4, 0.5) is 11.4 Å². The van der Waals surface area contributed by atoms with E-state index in [0.29, 0.717) is 24.5 Å². The molecule has 0 unspecified atom stereocenters. The lowest BCUT2D eigenvalue weighted by atomic mass is 10.2. The van der Waals surface area contributed by atoms with Crippen molar-refractivity contribution in [1.82, 2.24) is 4.72 Å². The zero-order chi connectivity index (χ0) is 14.5. The van der Waals surface area contributed by atoms with Gasteiger partial charge in [-0.25, -0.2) is 13.1 Å². The second kappa shape index (κ2) is 6.74.